The predicted molar refractivity (Wildman–Crippen MR) is 60.1 cm³/mol. The van der Waals surface area contributed by atoms with Crippen molar-refractivity contribution in [3.05, 3.63) is 0 Å². The van der Waals surface area contributed by atoms with Crippen molar-refractivity contribution in [2.24, 2.45) is 5.73 Å². The molecule has 5 nitrogen and oxygen atoms in total. The van der Waals surface area contributed by atoms with Crippen LogP contribution in [0, 0.1) is 5.41 Å². The van der Waals surface area contributed by atoms with Crippen LogP contribution in [-0.2, 0) is 4.79 Å². The molecule has 5 heteroatoms. The van der Waals surface area contributed by atoms with Gasteiger partial charge in [-0.25, -0.2) is 0 Å². The van der Waals surface area contributed by atoms with Gasteiger partial charge < -0.3 is 16.2 Å². The zero-order valence-electron chi connectivity index (χ0n) is 9.47. The molecular formula is C10H21N3O2. The van der Waals surface area contributed by atoms with Crippen LogP contribution in [0.2, 0.25) is 0 Å². The highest BCUT2D eigenvalue weighted by Crippen LogP contribution is 2.11. The van der Waals surface area contributed by atoms with Gasteiger partial charge in [0.1, 0.15) is 5.54 Å². The van der Waals surface area contributed by atoms with E-state index in [4.69, 9.17) is 16.2 Å². The van der Waals surface area contributed by atoms with Crippen molar-refractivity contribution in [3.63, 3.8) is 0 Å². The van der Waals surface area contributed by atoms with Crippen LogP contribution in [0.25, 0.3) is 0 Å². The Hall–Kier alpha value is -1.10. The van der Waals surface area contributed by atoms with E-state index in [0.29, 0.717) is 12.3 Å². The highest BCUT2D eigenvalue weighted by molar-refractivity contribution is 5.77. The van der Waals surface area contributed by atoms with Gasteiger partial charge in [-0.15, -0.1) is 0 Å². The average molecular weight is 215 g/mol. The van der Waals surface area contributed by atoms with Gasteiger partial charge in [-0.2, -0.15) is 0 Å². The summed E-state index contributed by atoms with van der Waals surface area (Å²) < 4.78 is 0. The van der Waals surface area contributed by atoms with Gasteiger partial charge in [-0.1, -0.05) is 12.8 Å². The van der Waals surface area contributed by atoms with Gasteiger partial charge in [0.25, 0.3) is 0 Å². The fraction of sp³-hybridized carbons (Fsp3) is 0.800. The average Bonchev–Trinajstić information content (AvgIpc) is 2.10. The molecule has 0 radical (unpaired) electrons. The molecule has 0 saturated heterocycles. The van der Waals surface area contributed by atoms with Gasteiger partial charge in [0.15, 0.2) is 0 Å². The minimum atomic E-state index is -1.11. The fourth-order valence-corrected chi connectivity index (χ4v) is 1.18. The van der Waals surface area contributed by atoms with Gasteiger partial charge in [0.05, 0.1) is 5.84 Å². The second-order valence-electron chi connectivity index (χ2n) is 4.09. The third kappa shape index (κ3) is 6.90. The second-order valence-corrected chi connectivity index (χ2v) is 4.09. The number of rotatable bonds is 7. The van der Waals surface area contributed by atoms with E-state index in [1.54, 1.807) is 6.92 Å². The van der Waals surface area contributed by atoms with E-state index in [9.17, 15) is 4.79 Å². The summed E-state index contributed by atoms with van der Waals surface area (Å²) in [7, 11) is 0. The minimum absolute atomic E-state index is 0.462. The molecule has 0 heterocycles. The highest BCUT2D eigenvalue weighted by Gasteiger charge is 2.26. The Morgan fingerprint density at radius 2 is 2.07 bits per heavy atom. The van der Waals surface area contributed by atoms with Gasteiger partial charge >= 0.3 is 5.97 Å². The molecule has 0 spiro atoms. The van der Waals surface area contributed by atoms with E-state index in [1.807, 2.05) is 0 Å². The van der Waals surface area contributed by atoms with E-state index in [1.165, 1.54) is 6.92 Å². The van der Waals surface area contributed by atoms with Crippen LogP contribution >= 0.6 is 0 Å². The molecule has 88 valence electrons. The Kier molecular flexibility index (Phi) is 5.93. The van der Waals surface area contributed by atoms with E-state index >= 15 is 0 Å². The number of carbonyl (C=O) groups is 1. The maximum atomic E-state index is 10.7. The number of carboxylic acids is 1. The van der Waals surface area contributed by atoms with Crippen LogP contribution in [0.1, 0.15) is 39.5 Å². The lowest BCUT2D eigenvalue weighted by atomic mass is 9.96. The molecule has 0 bridgehead atoms. The molecule has 0 aliphatic heterocycles. The molecule has 0 aromatic heterocycles. The monoisotopic (exact) mass is 215 g/mol. The van der Waals surface area contributed by atoms with Crippen LogP contribution in [0.4, 0.5) is 0 Å². The van der Waals surface area contributed by atoms with Crippen molar-refractivity contribution in [3.8, 4) is 0 Å². The van der Waals surface area contributed by atoms with Gasteiger partial charge in [0.2, 0.25) is 0 Å². The summed E-state index contributed by atoms with van der Waals surface area (Å²) in [6.07, 6.45) is 3.16. The van der Waals surface area contributed by atoms with Crippen molar-refractivity contribution in [2.45, 2.75) is 45.1 Å². The predicted octanol–water partition coefficient (Wildman–Crippen LogP) is 0.936. The summed E-state index contributed by atoms with van der Waals surface area (Å²) in [4.78, 5) is 10.7. The number of nitrogens with one attached hydrogen (secondary N) is 2. The van der Waals surface area contributed by atoms with Crippen LogP contribution in [0.3, 0.4) is 0 Å². The third-order valence-corrected chi connectivity index (χ3v) is 2.25. The van der Waals surface area contributed by atoms with Gasteiger partial charge in [0, 0.05) is 6.54 Å². The minimum Gasteiger partial charge on any atom is -0.480 e. The van der Waals surface area contributed by atoms with Crippen molar-refractivity contribution in [1.29, 1.82) is 5.41 Å². The molecule has 0 amide bonds. The largest absolute Gasteiger partial charge is 0.480 e. The molecule has 0 fully saturated rings. The second kappa shape index (κ2) is 6.40. The first-order chi connectivity index (χ1) is 6.86. The first-order valence-corrected chi connectivity index (χ1v) is 5.17. The van der Waals surface area contributed by atoms with Crippen LogP contribution in [0.5, 0.6) is 0 Å². The molecule has 5 N–H and O–H groups in total. The van der Waals surface area contributed by atoms with E-state index in [0.717, 1.165) is 25.8 Å². The fourth-order valence-electron chi connectivity index (χ4n) is 1.18. The quantitative estimate of drug-likeness (QED) is 0.288. The van der Waals surface area contributed by atoms with E-state index in [-0.39, 0.29) is 0 Å². The van der Waals surface area contributed by atoms with Crippen LogP contribution in [-0.4, -0.2) is 29.0 Å². The molecule has 0 rings (SSSR count). The molecule has 15 heavy (non-hydrogen) atoms. The summed E-state index contributed by atoms with van der Waals surface area (Å²) >= 11 is 0. The molecule has 1 unspecified atom stereocenters. The normalized spacial score (nSPS) is 14.3. The molecule has 0 aliphatic rings. The summed E-state index contributed by atoms with van der Waals surface area (Å²) in [5.74, 6) is -0.486. The molecule has 0 aliphatic carbocycles. The third-order valence-electron chi connectivity index (χ3n) is 2.25. The van der Waals surface area contributed by atoms with Crippen LogP contribution in [0.15, 0.2) is 0 Å². The summed E-state index contributed by atoms with van der Waals surface area (Å²) in [6.45, 7) is 4.00. The summed E-state index contributed by atoms with van der Waals surface area (Å²) in [5.41, 5.74) is 4.47. The zero-order valence-corrected chi connectivity index (χ0v) is 9.47. The van der Waals surface area contributed by atoms with Crippen molar-refractivity contribution in [1.82, 2.24) is 5.32 Å². The summed E-state index contributed by atoms with van der Waals surface area (Å²) in [6, 6.07) is 0. The Balaban J connectivity index is 3.46. The number of hydrogen-bond acceptors (Lipinski definition) is 3. The highest BCUT2D eigenvalue weighted by atomic mass is 16.4. The lowest BCUT2D eigenvalue weighted by Gasteiger charge is -2.18. The number of amidine groups is 1. The lowest BCUT2D eigenvalue weighted by Crippen LogP contribution is -2.44. The first kappa shape index (κ1) is 13.9. The number of nitrogens with two attached hydrogens (primary N) is 1. The molecule has 0 aromatic rings. The molecular weight excluding hydrogens is 194 g/mol. The molecule has 0 saturated carbocycles. The smallest absolute Gasteiger partial charge is 0.323 e. The zero-order chi connectivity index (χ0) is 11.9. The molecule has 0 aromatic carbocycles. The van der Waals surface area contributed by atoms with Crippen LogP contribution < -0.4 is 11.1 Å². The van der Waals surface area contributed by atoms with Crippen molar-refractivity contribution >= 4 is 11.8 Å². The maximum Gasteiger partial charge on any atom is 0.323 e. The Labute approximate surface area is 90.6 Å². The van der Waals surface area contributed by atoms with Crippen molar-refractivity contribution < 1.29 is 9.90 Å². The number of unbranched alkanes of at least 4 members (excludes halogenated alkanes) is 2. The maximum absolute atomic E-state index is 10.7. The standard InChI is InChI=1S/C10H21N3O2/c1-8(11)13-7-5-3-4-6-10(2,12)9(14)15/h3-7,12H2,1-2H3,(H2,11,13)(H,14,15). The van der Waals surface area contributed by atoms with Gasteiger partial charge in [-0.3, -0.25) is 10.2 Å². The number of aliphatic carboxylic acids is 1. The SMILES string of the molecule is CC(=N)NCCCCCC(C)(N)C(=O)O. The van der Waals surface area contributed by atoms with Crippen molar-refractivity contribution in [2.75, 3.05) is 6.54 Å². The molecule has 1 atom stereocenters. The topological polar surface area (TPSA) is 99.2 Å². The summed E-state index contributed by atoms with van der Waals surface area (Å²) in [5, 5.41) is 18.8. The van der Waals surface area contributed by atoms with Gasteiger partial charge in [-0.05, 0) is 26.7 Å². The Morgan fingerprint density at radius 3 is 2.53 bits per heavy atom. The first-order valence-electron chi connectivity index (χ1n) is 5.17. The Bertz CT molecular complexity index is 227. The Morgan fingerprint density at radius 1 is 1.47 bits per heavy atom. The number of hydrogen-bond donors (Lipinski definition) is 4. The lowest BCUT2D eigenvalue weighted by molar-refractivity contribution is -0.142. The van der Waals surface area contributed by atoms with E-state index in [2.05, 4.69) is 5.32 Å². The van der Waals surface area contributed by atoms with E-state index < -0.39 is 11.5 Å². The number of carboxylic acid groups (broad SMARTS) is 1.